The average Bonchev–Trinajstić information content (AvgIpc) is 3.08. The summed E-state index contributed by atoms with van der Waals surface area (Å²) in [5.41, 5.74) is 1.17. The summed E-state index contributed by atoms with van der Waals surface area (Å²) in [6.07, 6.45) is 0. The minimum absolute atomic E-state index is 0.288. The molecule has 3 aromatic rings. The van der Waals surface area contributed by atoms with Crippen LogP contribution in [0.2, 0.25) is 0 Å². The molecule has 0 atom stereocenters. The summed E-state index contributed by atoms with van der Waals surface area (Å²) < 4.78 is 1.63. The molecule has 0 aliphatic heterocycles. The Bertz CT molecular complexity index is 789. The Balaban J connectivity index is 1.53. The standard InChI is InChI=1S/C14H13N9/c15-10-11-6-7-13(19-18-11)16-8-9-17-14-20-21-22-23(14)12-4-2-1-3-5-12/h1-7H,8-9H2,(H,16,19)(H,17,20,22). The Kier molecular flexibility index (Phi) is 4.35. The molecule has 0 fully saturated rings. The second-order valence-corrected chi connectivity index (χ2v) is 4.52. The lowest BCUT2D eigenvalue weighted by atomic mass is 10.3. The number of rotatable bonds is 6. The number of aromatic nitrogens is 6. The van der Waals surface area contributed by atoms with E-state index in [9.17, 15) is 0 Å². The molecule has 1 aromatic carbocycles. The zero-order valence-electron chi connectivity index (χ0n) is 12.1. The van der Waals surface area contributed by atoms with E-state index in [4.69, 9.17) is 5.26 Å². The average molecular weight is 307 g/mol. The van der Waals surface area contributed by atoms with Gasteiger partial charge in [-0.1, -0.05) is 23.3 Å². The third kappa shape index (κ3) is 3.56. The van der Waals surface area contributed by atoms with Gasteiger partial charge in [-0.3, -0.25) is 0 Å². The van der Waals surface area contributed by atoms with Crippen LogP contribution in [0.5, 0.6) is 0 Å². The summed E-state index contributed by atoms with van der Waals surface area (Å²) in [6, 6.07) is 14.9. The highest BCUT2D eigenvalue weighted by Crippen LogP contribution is 2.10. The summed E-state index contributed by atoms with van der Waals surface area (Å²) >= 11 is 0. The van der Waals surface area contributed by atoms with Crippen molar-refractivity contribution in [3.8, 4) is 11.8 Å². The second-order valence-electron chi connectivity index (χ2n) is 4.52. The molecule has 114 valence electrons. The fourth-order valence-corrected chi connectivity index (χ4v) is 1.89. The SMILES string of the molecule is N#Cc1ccc(NCCNc2nnnn2-c2ccccc2)nn1. The first-order chi connectivity index (χ1) is 11.4. The Morgan fingerprint density at radius 3 is 2.52 bits per heavy atom. The van der Waals surface area contributed by atoms with E-state index in [1.54, 1.807) is 16.8 Å². The smallest absolute Gasteiger partial charge is 0.247 e. The van der Waals surface area contributed by atoms with Gasteiger partial charge in [-0.15, -0.1) is 10.2 Å². The molecule has 0 saturated carbocycles. The summed E-state index contributed by atoms with van der Waals surface area (Å²) in [5, 5.41) is 34.2. The van der Waals surface area contributed by atoms with Crippen LogP contribution in [-0.2, 0) is 0 Å². The lowest BCUT2D eigenvalue weighted by Gasteiger charge is -2.08. The number of tetrazole rings is 1. The fraction of sp³-hybridized carbons (Fsp3) is 0.143. The quantitative estimate of drug-likeness (QED) is 0.643. The molecule has 0 radical (unpaired) electrons. The van der Waals surface area contributed by atoms with E-state index < -0.39 is 0 Å². The molecule has 0 aliphatic rings. The monoisotopic (exact) mass is 307 g/mol. The van der Waals surface area contributed by atoms with Gasteiger partial charge in [0.25, 0.3) is 0 Å². The largest absolute Gasteiger partial charge is 0.367 e. The van der Waals surface area contributed by atoms with Crippen LogP contribution in [0, 0.1) is 11.3 Å². The molecule has 0 aliphatic carbocycles. The number of hydrogen-bond donors (Lipinski definition) is 2. The predicted octanol–water partition coefficient (Wildman–Crippen LogP) is 0.848. The minimum Gasteiger partial charge on any atom is -0.367 e. The van der Waals surface area contributed by atoms with Gasteiger partial charge < -0.3 is 10.6 Å². The molecule has 0 spiro atoms. The first-order valence-electron chi connectivity index (χ1n) is 6.92. The van der Waals surface area contributed by atoms with Crippen LogP contribution in [0.15, 0.2) is 42.5 Å². The van der Waals surface area contributed by atoms with Crippen molar-refractivity contribution in [3.05, 3.63) is 48.2 Å². The molecule has 2 aromatic heterocycles. The second kappa shape index (κ2) is 6.95. The number of nitrogens with zero attached hydrogens (tertiary/aromatic N) is 7. The van der Waals surface area contributed by atoms with Crippen LogP contribution in [-0.4, -0.2) is 43.5 Å². The highest BCUT2D eigenvalue weighted by Gasteiger charge is 2.06. The van der Waals surface area contributed by atoms with Gasteiger partial charge in [0, 0.05) is 13.1 Å². The maximum absolute atomic E-state index is 8.66. The molecule has 9 heteroatoms. The van der Waals surface area contributed by atoms with Gasteiger partial charge in [-0.05, 0) is 34.7 Å². The molecule has 0 unspecified atom stereocenters. The molecular weight excluding hydrogens is 294 g/mol. The summed E-state index contributed by atoms with van der Waals surface area (Å²) in [7, 11) is 0. The molecule has 2 N–H and O–H groups in total. The van der Waals surface area contributed by atoms with Gasteiger partial charge >= 0.3 is 0 Å². The van der Waals surface area contributed by atoms with Crippen LogP contribution in [0.1, 0.15) is 5.69 Å². The van der Waals surface area contributed by atoms with Crippen molar-refractivity contribution in [2.24, 2.45) is 0 Å². The van der Waals surface area contributed by atoms with Crippen molar-refractivity contribution in [2.75, 3.05) is 23.7 Å². The Morgan fingerprint density at radius 1 is 0.957 bits per heavy atom. The lowest BCUT2D eigenvalue weighted by Crippen LogP contribution is -2.17. The molecule has 9 nitrogen and oxygen atoms in total. The van der Waals surface area contributed by atoms with Crippen LogP contribution >= 0.6 is 0 Å². The van der Waals surface area contributed by atoms with E-state index >= 15 is 0 Å². The Morgan fingerprint density at radius 2 is 1.78 bits per heavy atom. The number of para-hydroxylation sites is 1. The first-order valence-corrected chi connectivity index (χ1v) is 6.92. The third-order valence-corrected chi connectivity index (χ3v) is 2.96. The molecule has 2 heterocycles. The topological polar surface area (TPSA) is 117 Å². The number of nitriles is 1. The van der Waals surface area contributed by atoms with Crippen LogP contribution < -0.4 is 10.6 Å². The maximum Gasteiger partial charge on any atom is 0.247 e. The Hall–Kier alpha value is -3.54. The van der Waals surface area contributed by atoms with Gasteiger partial charge in [0.05, 0.1) is 5.69 Å². The van der Waals surface area contributed by atoms with E-state index in [0.717, 1.165) is 5.69 Å². The van der Waals surface area contributed by atoms with E-state index in [1.807, 2.05) is 36.4 Å². The highest BCUT2D eigenvalue weighted by molar-refractivity contribution is 5.39. The first kappa shape index (κ1) is 14.4. The predicted molar refractivity (Wildman–Crippen MR) is 82.9 cm³/mol. The zero-order valence-corrected chi connectivity index (χ0v) is 12.1. The van der Waals surface area contributed by atoms with E-state index in [-0.39, 0.29) is 5.69 Å². The van der Waals surface area contributed by atoms with Gasteiger partial charge in [-0.25, -0.2) is 0 Å². The molecule has 0 amide bonds. The summed E-state index contributed by atoms with van der Waals surface area (Å²) in [4.78, 5) is 0. The summed E-state index contributed by atoms with van der Waals surface area (Å²) in [5.74, 6) is 1.16. The lowest BCUT2D eigenvalue weighted by molar-refractivity contribution is 0.789. The maximum atomic E-state index is 8.66. The molecule has 0 saturated heterocycles. The van der Waals surface area contributed by atoms with Gasteiger partial charge in [-0.2, -0.15) is 9.94 Å². The molecule has 0 bridgehead atoms. The van der Waals surface area contributed by atoms with E-state index in [1.165, 1.54) is 0 Å². The van der Waals surface area contributed by atoms with E-state index in [2.05, 4.69) is 36.4 Å². The number of hydrogen-bond acceptors (Lipinski definition) is 8. The van der Waals surface area contributed by atoms with Crippen molar-refractivity contribution in [1.82, 2.24) is 30.4 Å². The van der Waals surface area contributed by atoms with Crippen molar-refractivity contribution in [2.45, 2.75) is 0 Å². The van der Waals surface area contributed by atoms with Gasteiger partial charge in [0.15, 0.2) is 5.69 Å². The third-order valence-electron chi connectivity index (χ3n) is 2.96. The number of nitrogens with one attached hydrogen (secondary N) is 2. The van der Waals surface area contributed by atoms with Crippen molar-refractivity contribution in [1.29, 1.82) is 5.26 Å². The zero-order chi connectivity index (χ0) is 15.9. The Labute approximate surface area is 132 Å². The number of anilines is 2. The van der Waals surface area contributed by atoms with Crippen LogP contribution in [0.4, 0.5) is 11.8 Å². The van der Waals surface area contributed by atoms with Crippen LogP contribution in [0.3, 0.4) is 0 Å². The summed E-state index contributed by atoms with van der Waals surface area (Å²) in [6.45, 7) is 1.19. The highest BCUT2D eigenvalue weighted by atomic mass is 15.6. The van der Waals surface area contributed by atoms with Crippen molar-refractivity contribution in [3.63, 3.8) is 0 Å². The molecule has 23 heavy (non-hydrogen) atoms. The van der Waals surface area contributed by atoms with E-state index in [0.29, 0.717) is 24.9 Å². The molecular formula is C14H13N9. The molecule has 3 rings (SSSR count). The minimum atomic E-state index is 0.288. The van der Waals surface area contributed by atoms with Crippen molar-refractivity contribution < 1.29 is 0 Å². The van der Waals surface area contributed by atoms with Crippen LogP contribution in [0.25, 0.3) is 5.69 Å². The fourth-order valence-electron chi connectivity index (χ4n) is 1.89. The van der Waals surface area contributed by atoms with Gasteiger partial charge in [0.2, 0.25) is 5.95 Å². The number of benzene rings is 1. The van der Waals surface area contributed by atoms with Gasteiger partial charge in [0.1, 0.15) is 11.9 Å². The van der Waals surface area contributed by atoms with Crippen molar-refractivity contribution >= 4 is 11.8 Å². The normalized spacial score (nSPS) is 10.0.